The molecule has 0 aromatic heterocycles. The quantitative estimate of drug-likeness (QED) is 0.716. The second-order valence-electron chi connectivity index (χ2n) is 5.32. The smallest absolute Gasteiger partial charge is 0.374 e. The number of halogens is 4. The number of hydrogen-bond donors (Lipinski definition) is 3. The minimum absolute atomic E-state index is 0.320. The summed E-state index contributed by atoms with van der Waals surface area (Å²) in [6, 6.07) is 9.27. The van der Waals surface area contributed by atoms with Crippen LogP contribution < -0.4 is 16.0 Å². The average molecular weight is 386 g/mol. The molecule has 0 bridgehead atoms. The van der Waals surface area contributed by atoms with Crippen molar-refractivity contribution >= 4 is 40.5 Å². The van der Waals surface area contributed by atoms with E-state index in [0.29, 0.717) is 16.4 Å². The summed E-state index contributed by atoms with van der Waals surface area (Å²) in [5.74, 6) is -1.01. The first-order valence-corrected chi connectivity index (χ1v) is 7.81. The van der Waals surface area contributed by atoms with Crippen LogP contribution in [0.2, 0.25) is 5.02 Å². The van der Waals surface area contributed by atoms with Crippen LogP contribution in [0.3, 0.4) is 0 Å². The van der Waals surface area contributed by atoms with Crippen molar-refractivity contribution in [2.24, 2.45) is 0 Å². The predicted molar refractivity (Wildman–Crippen MR) is 94.3 cm³/mol. The fraction of sp³-hybridized carbons (Fsp3) is 0.176. The van der Waals surface area contributed by atoms with Crippen molar-refractivity contribution in [3.05, 3.63) is 53.1 Å². The topological polar surface area (TPSA) is 70.2 Å². The molecule has 9 heteroatoms. The zero-order valence-electron chi connectivity index (χ0n) is 13.6. The molecule has 26 heavy (non-hydrogen) atoms. The molecule has 0 saturated carbocycles. The number of para-hydroxylation sites is 1. The molecule has 0 aliphatic carbocycles. The molecule has 3 N–H and O–H groups in total. The highest BCUT2D eigenvalue weighted by Crippen LogP contribution is 2.34. The van der Waals surface area contributed by atoms with E-state index < -0.39 is 17.6 Å². The molecule has 0 atom stereocenters. The Hall–Kier alpha value is -2.74. The lowest BCUT2D eigenvalue weighted by molar-refractivity contribution is -0.137. The van der Waals surface area contributed by atoms with Gasteiger partial charge in [0, 0.05) is 11.9 Å². The lowest BCUT2D eigenvalue weighted by Gasteiger charge is -2.15. The minimum Gasteiger partial charge on any atom is -0.374 e. The zero-order valence-corrected chi connectivity index (χ0v) is 14.3. The molecule has 2 amide bonds. The summed E-state index contributed by atoms with van der Waals surface area (Å²) in [6.45, 7) is 0.998. The van der Waals surface area contributed by atoms with E-state index in [4.69, 9.17) is 11.6 Å². The summed E-state index contributed by atoms with van der Waals surface area (Å²) < 4.78 is 38.8. The highest BCUT2D eigenvalue weighted by atomic mass is 35.5. The molecule has 0 saturated heterocycles. The van der Waals surface area contributed by atoms with E-state index in [9.17, 15) is 22.8 Å². The number of carbonyl (C=O) groups is 2. The van der Waals surface area contributed by atoms with Crippen LogP contribution in [0.1, 0.15) is 12.5 Å². The van der Waals surface area contributed by atoms with Gasteiger partial charge in [0.1, 0.15) is 0 Å². The highest BCUT2D eigenvalue weighted by Gasteiger charge is 2.33. The molecule has 2 aromatic rings. The van der Waals surface area contributed by atoms with E-state index in [1.165, 1.54) is 31.2 Å². The molecule has 2 rings (SSSR count). The molecule has 0 fully saturated rings. The van der Waals surface area contributed by atoms with E-state index in [1.807, 2.05) is 0 Å². The van der Waals surface area contributed by atoms with Crippen molar-refractivity contribution in [1.82, 2.24) is 0 Å². The Labute approximate surface area is 152 Å². The first kappa shape index (κ1) is 19.6. The SMILES string of the molecule is CC(=O)Nc1ccc(Cl)cc1NCC(=O)Nc1ccccc1C(F)(F)F. The number of nitrogens with one attached hydrogen (secondary N) is 3. The van der Waals surface area contributed by atoms with E-state index in [0.717, 1.165) is 6.07 Å². The molecule has 0 unspecified atom stereocenters. The molecule has 138 valence electrons. The van der Waals surface area contributed by atoms with Crippen molar-refractivity contribution < 1.29 is 22.8 Å². The lowest BCUT2D eigenvalue weighted by atomic mass is 10.1. The lowest BCUT2D eigenvalue weighted by Crippen LogP contribution is -2.24. The maximum atomic E-state index is 12.9. The summed E-state index contributed by atoms with van der Waals surface area (Å²) in [7, 11) is 0. The second-order valence-corrected chi connectivity index (χ2v) is 5.75. The van der Waals surface area contributed by atoms with Crippen LogP contribution in [-0.2, 0) is 15.8 Å². The van der Waals surface area contributed by atoms with Gasteiger partial charge in [0.05, 0.1) is 29.2 Å². The molecule has 5 nitrogen and oxygen atoms in total. The number of anilines is 3. The van der Waals surface area contributed by atoms with Gasteiger partial charge in [-0.3, -0.25) is 9.59 Å². The third-order valence-corrected chi connectivity index (χ3v) is 3.47. The Morgan fingerprint density at radius 1 is 1.00 bits per heavy atom. The number of alkyl halides is 3. The summed E-state index contributed by atoms with van der Waals surface area (Å²) >= 11 is 5.89. The number of hydrogen-bond acceptors (Lipinski definition) is 3. The van der Waals surface area contributed by atoms with Crippen molar-refractivity contribution in [2.75, 3.05) is 22.5 Å². The molecule has 0 radical (unpaired) electrons. The van der Waals surface area contributed by atoms with E-state index in [1.54, 1.807) is 12.1 Å². The van der Waals surface area contributed by atoms with E-state index in [2.05, 4.69) is 16.0 Å². The monoisotopic (exact) mass is 385 g/mol. The van der Waals surface area contributed by atoms with Gasteiger partial charge >= 0.3 is 6.18 Å². The Morgan fingerprint density at radius 3 is 2.35 bits per heavy atom. The zero-order chi connectivity index (χ0) is 19.3. The standard InChI is InChI=1S/C17H15ClF3N3O2/c1-10(25)23-14-7-6-11(18)8-15(14)22-9-16(26)24-13-5-3-2-4-12(13)17(19,20)21/h2-8,22H,9H2,1H3,(H,23,25)(H,24,26). The number of benzene rings is 2. The fourth-order valence-electron chi connectivity index (χ4n) is 2.17. The summed E-state index contributed by atoms with van der Waals surface area (Å²) in [4.78, 5) is 23.2. The maximum absolute atomic E-state index is 12.9. The molecule has 0 heterocycles. The third kappa shape index (κ3) is 5.38. The van der Waals surface area contributed by atoms with Crippen molar-refractivity contribution in [1.29, 1.82) is 0 Å². The van der Waals surface area contributed by atoms with Crippen LogP contribution in [0, 0.1) is 0 Å². The van der Waals surface area contributed by atoms with Crippen LogP contribution in [-0.4, -0.2) is 18.4 Å². The summed E-state index contributed by atoms with van der Waals surface area (Å²) in [5.41, 5.74) is -0.507. The van der Waals surface area contributed by atoms with Crippen LogP contribution >= 0.6 is 11.6 Å². The first-order chi connectivity index (χ1) is 12.2. The average Bonchev–Trinajstić information content (AvgIpc) is 2.54. The van der Waals surface area contributed by atoms with Gasteiger partial charge in [-0.15, -0.1) is 0 Å². The normalized spacial score (nSPS) is 11.0. The Kier molecular flexibility index (Phi) is 6.10. The van der Waals surface area contributed by atoms with Crippen molar-refractivity contribution in [3.8, 4) is 0 Å². The molecule has 0 aliphatic heterocycles. The maximum Gasteiger partial charge on any atom is 0.418 e. The number of amides is 2. The van der Waals surface area contributed by atoms with Crippen molar-refractivity contribution in [3.63, 3.8) is 0 Å². The van der Waals surface area contributed by atoms with Crippen LogP contribution in [0.15, 0.2) is 42.5 Å². The minimum atomic E-state index is -4.58. The van der Waals surface area contributed by atoms with E-state index >= 15 is 0 Å². The molecule has 0 aliphatic rings. The highest BCUT2D eigenvalue weighted by molar-refractivity contribution is 6.31. The van der Waals surface area contributed by atoms with Crippen LogP contribution in [0.4, 0.5) is 30.2 Å². The fourth-order valence-corrected chi connectivity index (χ4v) is 2.34. The van der Waals surface area contributed by atoms with Gasteiger partial charge in [-0.2, -0.15) is 13.2 Å². The van der Waals surface area contributed by atoms with Gasteiger partial charge in [-0.25, -0.2) is 0 Å². The Bertz CT molecular complexity index is 825. The Morgan fingerprint density at radius 2 is 1.69 bits per heavy atom. The largest absolute Gasteiger partial charge is 0.418 e. The summed E-state index contributed by atoms with van der Waals surface area (Å²) in [6.07, 6.45) is -4.58. The third-order valence-electron chi connectivity index (χ3n) is 3.24. The number of rotatable bonds is 5. The van der Waals surface area contributed by atoms with Gasteiger partial charge in [-0.05, 0) is 30.3 Å². The molecular formula is C17H15ClF3N3O2. The second kappa shape index (κ2) is 8.09. The van der Waals surface area contributed by atoms with Gasteiger partial charge in [-0.1, -0.05) is 23.7 Å². The molecular weight excluding hydrogens is 371 g/mol. The summed E-state index contributed by atoms with van der Waals surface area (Å²) in [5, 5.41) is 7.89. The first-order valence-electron chi connectivity index (χ1n) is 7.44. The van der Waals surface area contributed by atoms with Gasteiger partial charge < -0.3 is 16.0 Å². The van der Waals surface area contributed by atoms with Gasteiger partial charge in [0.15, 0.2) is 0 Å². The molecule has 2 aromatic carbocycles. The van der Waals surface area contributed by atoms with Gasteiger partial charge in [0.2, 0.25) is 11.8 Å². The van der Waals surface area contributed by atoms with Crippen LogP contribution in [0.25, 0.3) is 0 Å². The van der Waals surface area contributed by atoms with Crippen LogP contribution in [0.5, 0.6) is 0 Å². The van der Waals surface area contributed by atoms with Crippen molar-refractivity contribution in [2.45, 2.75) is 13.1 Å². The Balaban J connectivity index is 2.09. The molecule has 0 spiro atoms. The number of carbonyl (C=O) groups excluding carboxylic acids is 2. The predicted octanol–water partition coefficient (Wildman–Crippen LogP) is 4.37. The van der Waals surface area contributed by atoms with E-state index in [-0.39, 0.29) is 18.1 Å². The van der Waals surface area contributed by atoms with Gasteiger partial charge in [0.25, 0.3) is 0 Å².